The number of anilines is 1. The number of carboxylic acid groups (broad SMARTS) is 1. The number of rotatable bonds is 7. The van der Waals surface area contributed by atoms with Gasteiger partial charge in [-0.25, -0.2) is 4.79 Å². The van der Waals surface area contributed by atoms with Gasteiger partial charge in [-0.05, 0) is 57.2 Å². The van der Waals surface area contributed by atoms with Crippen LogP contribution in [0.4, 0.5) is 10.5 Å². The molecule has 1 aromatic carbocycles. The number of nitrogens with one attached hydrogen (secondary N) is 1. The van der Waals surface area contributed by atoms with E-state index in [1.54, 1.807) is 46.8 Å². The van der Waals surface area contributed by atoms with Gasteiger partial charge in [-0.3, -0.25) is 10.1 Å². The number of ether oxygens (including phenoxy) is 1. The number of aliphatic hydroxyl groups excluding tert-OH is 1. The monoisotopic (exact) mass is 351 g/mol. The minimum absolute atomic E-state index is 0.110. The molecule has 0 saturated carbocycles. The van der Waals surface area contributed by atoms with Gasteiger partial charge >= 0.3 is 12.1 Å². The Morgan fingerprint density at radius 2 is 1.72 bits per heavy atom. The highest BCUT2D eigenvalue weighted by molar-refractivity contribution is 5.84. The topological polar surface area (TPSA) is 95.9 Å². The lowest BCUT2D eigenvalue weighted by molar-refractivity contribution is -0.147. The van der Waals surface area contributed by atoms with Crippen LogP contribution in [0.15, 0.2) is 24.3 Å². The van der Waals surface area contributed by atoms with Crippen molar-refractivity contribution in [1.29, 1.82) is 0 Å². The summed E-state index contributed by atoms with van der Waals surface area (Å²) in [5.41, 5.74) is 0.986. The summed E-state index contributed by atoms with van der Waals surface area (Å²) in [5, 5.41) is 22.0. The second kappa shape index (κ2) is 8.85. The van der Waals surface area contributed by atoms with Crippen LogP contribution in [0.5, 0.6) is 0 Å². The molecular formula is C19H29NO5. The zero-order valence-electron chi connectivity index (χ0n) is 15.6. The zero-order valence-corrected chi connectivity index (χ0v) is 15.6. The maximum atomic E-state index is 11.7. The molecule has 2 atom stereocenters. The Kier molecular flexibility index (Phi) is 7.42. The third-order valence-electron chi connectivity index (χ3n) is 3.76. The fourth-order valence-electron chi connectivity index (χ4n) is 2.40. The summed E-state index contributed by atoms with van der Waals surface area (Å²) in [4.78, 5) is 23.1. The first-order valence-electron chi connectivity index (χ1n) is 8.49. The van der Waals surface area contributed by atoms with Crippen molar-refractivity contribution in [1.82, 2.24) is 0 Å². The standard InChI is InChI=1S/C19H29NO5/c1-12(2)16(21)15(17(22)23)11-8-13-6-9-14(10-7-13)20-18(24)25-19(3,4)5/h6-7,9-10,12,15-16,21H,8,11H2,1-5H3,(H,20,24)(H,22,23). The van der Waals surface area contributed by atoms with E-state index in [1.165, 1.54) is 0 Å². The molecule has 0 bridgehead atoms. The average Bonchev–Trinajstić information content (AvgIpc) is 2.46. The first-order valence-corrected chi connectivity index (χ1v) is 8.49. The Labute approximate surface area is 149 Å². The minimum atomic E-state index is -0.982. The molecule has 0 aliphatic heterocycles. The summed E-state index contributed by atoms with van der Waals surface area (Å²) in [6, 6.07) is 7.14. The summed E-state index contributed by atoms with van der Waals surface area (Å²) in [6.07, 6.45) is -0.502. The number of aliphatic carboxylic acids is 1. The molecule has 6 nitrogen and oxygen atoms in total. The quantitative estimate of drug-likeness (QED) is 0.696. The number of carboxylic acids is 1. The summed E-state index contributed by atoms with van der Waals surface area (Å²) in [6.45, 7) is 8.98. The lowest BCUT2D eigenvalue weighted by atomic mass is 9.88. The van der Waals surface area contributed by atoms with Crippen molar-refractivity contribution < 1.29 is 24.5 Å². The predicted octanol–water partition coefficient (Wildman–Crippen LogP) is 3.68. The van der Waals surface area contributed by atoms with E-state index in [9.17, 15) is 19.8 Å². The number of benzene rings is 1. The smallest absolute Gasteiger partial charge is 0.412 e. The van der Waals surface area contributed by atoms with Crippen molar-refractivity contribution in [3.05, 3.63) is 29.8 Å². The molecule has 25 heavy (non-hydrogen) atoms. The molecule has 3 N–H and O–H groups in total. The first-order chi connectivity index (χ1) is 11.5. The highest BCUT2D eigenvalue weighted by Crippen LogP contribution is 2.20. The second-order valence-corrected chi connectivity index (χ2v) is 7.54. The fourth-order valence-corrected chi connectivity index (χ4v) is 2.40. The molecule has 1 amide bonds. The van der Waals surface area contributed by atoms with Gasteiger partial charge in [0.15, 0.2) is 0 Å². The Bertz CT molecular complexity index is 574. The average molecular weight is 351 g/mol. The van der Waals surface area contributed by atoms with Crippen molar-refractivity contribution in [2.24, 2.45) is 11.8 Å². The van der Waals surface area contributed by atoms with Gasteiger partial charge in [0, 0.05) is 5.69 Å². The van der Waals surface area contributed by atoms with E-state index in [0.29, 0.717) is 18.5 Å². The molecular weight excluding hydrogens is 322 g/mol. The van der Waals surface area contributed by atoms with E-state index >= 15 is 0 Å². The number of carbonyl (C=O) groups is 2. The molecule has 1 aromatic rings. The molecule has 0 heterocycles. The van der Waals surface area contributed by atoms with Crippen molar-refractivity contribution in [3.8, 4) is 0 Å². The summed E-state index contributed by atoms with van der Waals surface area (Å²) in [5.74, 6) is -1.88. The Morgan fingerprint density at radius 1 is 1.16 bits per heavy atom. The molecule has 0 fully saturated rings. The Hall–Kier alpha value is -2.08. The van der Waals surface area contributed by atoms with Crippen LogP contribution in [0.2, 0.25) is 0 Å². The van der Waals surface area contributed by atoms with Crippen LogP contribution in [0.1, 0.15) is 46.6 Å². The largest absolute Gasteiger partial charge is 0.481 e. The van der Waals surface area contributed by atoms with Crippen molar-refractivity contribution in [3.63, 3.8) is 0 Å². The van der Waals surface area contributed by atoms with E-state index in [2.05, 4.69) is 5.32 Å². The lowest BCUT2D eigenvalue weighted by Crippen LogP contribution is -2.32. The van der Waals surface area contributed by atoms with Crippen LogP contribution < -0.4 is 5.32 Å². The summed E-state index contributed by atoms with van der Waals surface area (Å²) < 4.78 is 5.18. The van der Waals surface area contributed by atoms with Crippen LogP contribution in [-0.2, 0) is 16.0 Å². The highest BCUT2D eigenvalue weighted by atomic mass is 16.6. The summed E-state index contributed by atoms with van der Waals surface area (Å²) >= 11 is 0. The molecule has 1 rings (SSSR count). The maximum absolute atomic E-state index is 11.7. The second-order valence-electron chi connectivity index (χ2n) is 7.54. The molecule has 0 aliphatic rings. The van der Waals surface area contributed by atoms with E-state index in [0.717, 1.165) is 5.56 Å². The Balaban J connectivity index is 2.62. The van der Waals surface area contributed by atoms with E-state index in [-0.39, 0.29) is 5.92 Å². The number of aliphatic hydroxyl groups is 1. The molecule has 0 spiro atoms. The molecule has 2 unspecified atom stereocenters. The zero-order chi connectivity index (χ0) is 19.2. The van der Waals surface area contributed by atoms with Crippen LogP contribution in [0.25, 0.3) is 0 Å². The molecule has 0 aromatic heterocycles. The van der Waals surface area contributed by atoms with E-state index in [4.69, 9.17) is 4.74 Å². The van der Waals surface area contributed by atoms with Crippen molar-refractivity contribution in [2.75, 3.05) is 5.32 Å². The van der Waals surface area contributed by atoms with Crippen LogP contribution >= 0.6 is 0 Å². The normalized spacial score (nSPS) is 14.0. The van der Waals surface area contributed by atoms with Gasteiger partial charge in [0.2, 0.25) is 0 Å². The molecule has 0 aliphatic carbocycles. The van der Waals surface area contributed by atoms with Crippen LogP contribution in [0.3, 0.4) is 0 Å². The van der Waals surface area contributed by atoms with Gasteiger partial charge in [-0.1, -0.05) is 26.0 Å². The lowest BCUT2D eigenvalue weighted by Gasteiger charge is -2.22. The molecule has 0 saturated heterocycles. The Morgan fingerprint density at radius 3 is 2.16 bits per heavy atom. The number of aryl methyl sites for hydroxylation is 1. The minimum Gasteiger partial charge on any atom is -0.481 e. The molecule has 6 heteroatoms. The van der Waals surface area contributed by atoms with Gasteiger partial charge < -0.3 is 14.9 Å². The van der Waals surface area contributed by atoms with E-state index in [1.807, 2.05) is 12.1 Å². The summed E-state index contributed by atoms with van der Waals surface area (Å²) in [7, 11) is 0. The number of hydrogen-bond acceptors (Lipinski definition) is 4. The van der Waals surface area contributed by atoms with Gasteiger partial charge in [0.05, 0.1) is 12.0 Å². The number of amides is 1. The third kappa shape index (κ3) is 7.56. The molecule has 0 radical (unpaired) electrons. The van der Waals surface area contributed by atoms with Crippen LogP contribution in [-0.4, -0.2) is 34.0 Å². The van der Waals surface area contributed by atoms with Gasteiger partial charge in [-0.15, -0.1) is 0 Å². The first kappa shape index (κ1) is 21.0. The molecule has 140 valence electrons. The van der Waals surface area contributed by atoms with Gasteiger partial charge in [-0.2, -0.15) is 0 Å². The van der Waals surface area contributed by atoms with E-state index < -0.39 is 29.7 Å². The van der Waals surface area contributed by atoms with Crippen molar-refractivity contribution in [2.45, 2.75) is 59.2 Å². The third-order valence-corrected chi connectivity index (χ3v) is 3.76. The predicted molar refractivity (Wildman–Crippen MR) is 96.6 cm³/mol. The fraction of sp³-hybridized carbons (Fsp3) is 0.579. The highest BCUT2D eigenvalue weighted by Gasteiger charge is 2.28. The SMILES string of the molecule is CC(C)C(O)C(CCc1ccc(NC(=O)OC(C)(C)C)cc1)C(=O)O. The number of carbonyl (C=O) groups excluding carboxylic acids is 1. The number of hydrogen-bond donors (Lipinski definition) is 3. The van der Waals surface area contributed by atoms with Crippen LogP contribution in [0, 0.1) is 11.8 Å². The maximum Gasteiger partial charge on any atom is 0.412 e. The van der Waals surface area contributed by atoms with Gasteiger partial charge in [0.25, 0.3) is 0 Å². The van der Waals surface area contributed by atoms with Crippen molar-refractivity contribution >= 4 is 17.7 Å². The van der Waals surface area contributed by atoms with Gasteiger partial charge in [0.1, 0.15) is 5.60 Å².